The Morgan fingerprint density at radius 3 is 0.911 bits per heavy atom. The second-order valence-corrected chi connectivity index (χ2v) is 32.9. The standard InChI is InChI=1S/2C24H33N7O3.C17H27N7O4.C17H27N7O3/c2*25-19-11-9-17(10-12-19)15-26-22-20(31(33)34)16-27-24(29-22)28-21(18-7-3-1-4-8-18)23(32)30-13-5-2-6-14-30;18-13-3-1-12(2-4-13)9-19-16-14(24(26)27)10-20-17(22-16)21-11-15(25)23-5-7-28-8-6-23;18-13-5-3-12(4-6-13)9-19-16-14(24(26)27)10-20-17(22-16)21-11-15(25)23-7-1-2-8-23/h2*1,3-4,7-8,16-17,19,21H,2,5-6,9-15,25H2,(H2,26,27,28,29);10,12-13H,1-9,11,18H2,(H2,19,20,21,22);10,12-13H,1-9,11,18H2,(H2,19,20,21,22)/t2*17?,19?,21-;;/m00../s1. The first-order chi connectivity index (χ1) is 59.6. The zero-order valence-electron chi connectivity index (χ0n) is 69.9. The third-order valence-electron chi connectivity index (χ3n) is 23.9. The van der Waals surface area contributed by atoms with Gasteiger partial charge in [-0.1, -0.05) is 60.7 Å². The number of likely N-dealkylation sites (tertiary alicyclic amines) is 3. The molecule has 0 unspecified atom stereocenters. The van der Waals surface area contributed by atoms with E-state index in [-0.39, 0.29) is 131 Å². The van der Waals surface area contributed by atoms with Gasteiger partial charge in [-0.3, -0.25) is 59.6 Å². The molecule has 41 nitrogen and oxygen atoms in total. The first-order valence-corrected chi connectivity index (χ1v) is 43.4. The van der Waals surface area contributed by atoms with Crippen LogP contribution in [-0.2, 0) is 23.9 Å². The summed E-state index contributed by atoms with van der Waals surface area (Å²) in [5, 5.41) is 70.2. The second-order valence-electron chi connectivity index (χ2n) is 32.9. The van der Waals surface area contributed by atoms with Crippen molar-refractivity contribution in [1.29, 1.82) is 0 Å². The van der Waals surface area contributed by atoms with Crippen LogP contribution >= 0.6 is 0 Å². The molecule has 41 heteroatoms. The minimum atomic E-state index is -0.673. The van der Waals surface area contributed by atoms with Gasteiger partial charge in [-0.05, 0) is 189 Å². The third kappa shape index (κ3) is 28.5. The van der Waals surface area contributed by atoms with Gasteiger partial charge in [0.2, 0.25) is 70.7 Å². The van der Waals surface area contributed by atoms with Gasteiger partial charge in [-0.15, -0.1) is 0 Å². The molecule has 0 radical (unpaired) electrons. The number of nitrogens with zero attached hydrogens (tertiary/aromatic N) is 16. The quantitative estimate of drug-likeness (QED) is 0.0148. The maximum atomic E-state index is 13.4. The third-order valence-corrected chi connectivity index (χ3v) is 23.9. The molecular weight excluding hydrogens is 1590 g/mol. The summed E-state index contributed by atoms with van der Waals surface area (Å²) < 4.78 is 5.23. The number of ether oxygens (including phenoxy) is 1. The van der Waals surface area contributed by atoms with Gasteiger partial charge >= 0.3 is 22.7 Å². The van der Waals surface area contributed by atoms with Gasteiger partial charge < -0.3 is 89.8 Å². The molecule has 4 amide bonds. The summed E-state index contributed by atoms with van der Waals surface area (Å²) in [5.74, 6) is 2.86. The van der Waals surface area contributed by atoms with Crippen LogP contribution in [0.2, 0.25) is 0 Å². The number of nitrogens with one attached hydrogen (secondary N) is 8. The van der Waals surface area contributed by atoms with Gasteiger partial charge in [-0.2, -0.15) is 19.9 Å². The van der Waals surface area contributed by atoms with Crippen LogP contribution < -0.4 is 65.5 Å². The number of nitro groups is 4. The number of anilines is 8. The van der Waals surface area contributed by atoms with E-state index in [0.717, 1.165) is 211 Å². The number of benzene rings is 2. The highest BCUT2D eigenvalue weighted by Crippen LogP contribution is 2.34. The minimum Gasteiger partial charge on any atom is -0.378 e. The fourth-order valence-corrected chi connectivity index (χ4v) is 16.4. The zero-order valence-corrected chi connectivity index (χ0v) is 69.9. The van der Waals surface area contributed by atoms with Gasteiger partial charge in [0.1, 0.15) is 36.9 Å². The molecular formula is C82H120N28O13. The highest BCUT2D eigenvalue weighted by atomic mass is 16.6. The zero-order chi connectivity index (χ0) is 87.0. The molecule has 4 saturated heterocycles. The smallest absolute Gasteiger partial charge is 0.329 e. The molecule has 4 aliphatic heterocycles. The van der Waals surface area contributed by atoms with Crippen LogP contribution in [0.3, 0.4) is 0 Å². The highest BCUT2D eigenvalue weighted by molar-refractivity contribution is 5.87. The van der Waals surface area contributed by atoms with Gasteiger partial charge in [0.25, 0.3) is 0 Å². The molecule has 14 rings (SSSR count). The summed E-state index contributed by atoms with van der Waals surface area (Å²) in [7, 11) is 0. The number of piperidine rings is 2. The number of carbonyl (C=O) groups excluding carboxylic acids is 4. The number of hydrogen-bond donors (Lipinski definition) is 12. The van der Waals surface area contributed by atoms with Gasteiger partial charge in [0.15, 0.2) is 0 Å². The molecule has 8 fully saturated rings. The van der Waals surface area contributed by atoms with E-state index >= 15 is 0 Å². The van der Waals surface area contributed by atoms with E-state index in [1.54, 1.807) is 9.80 Å². The number of amides is 4. The van der Waals surface area contributed by atoms with Crippen molar-refractivity contribution < 1.29 is 43.6 Å². The summed E-state index contributed by atoms with van der Waals surface area (Å²) >= 11 is 0. The Bertz CT molecular complexity index is 4240. The number of aromatic nitrogens is 8. The van der Waals surface area contributed by atoms with Crippen molar-refractivity contribution in [2.75, 3.05) is 147 Å². The molecule has 8 aliphatic rings. The van der Waals surface area contributed by atoms with Crippen molar-refractivity contribution in [2.45, 2.75) is 190 Å². The topological polar surface area (TPSA) is 566 Å². The Balaban J connectivity index is 0.000000161. The Labute approximate surface area is 714 Å². The van der Waals surface area contributed by atoms with Crippen molar-refractivity contribution in [3.05, 3.63) is 137 Å². The molecule has 123 heavy (non-hydrogen) atoms. The molecule has 666 valence electrons. The monoisotopic (exact) mass is 1700 g/mol. The highest BCUT2D eigenvalue weighted by Gasteiger charge is 2.34. The largest absolute Gasteiger partial charge is 0.378 e. The molecule has 16 N–H and O–H groups in total. The predicted octanol–water partition coefficient (Wildman–Crippen LogP) is 8.89. The van der Waals surface area contributed by atoms with Crippen LogP contribution in [0.4, 0.5) is 69.8 Å². The maximum absolute atomic E-state index is 13.4. The average Bonchev–Trinajstić information content (AvgIpc) is 1.26. The normalized spacial score (nSPS) is 22.0. The first-order valence-electron chi connectivity index (χ1n) is 43.4. The van der Waals surface area contributed by atoms with Crippen molar-refractivity contribution in [1.82, 2.24) is 59.5 Å². The summed E-state index contributed by atoms with van der Waals surface area (Å²) in [5.41, 5.74) is 24.7. The van der Waals surface area contributed by atoms with E-state index in [9.17, 15) is 59.6 Å². The minimum absolute atomic E-state index is 0.0116. The van der Waals surface area contributed by atoms with Crippen LogP contribution in [0.15, 0.2) is 85.5 Å². The lowest BCUT2D eigenvalue weighted by Crippen LogP contribution is -2.43. The van der Waals surface area contributed by atoms with Crippen molar-refractivity contribution in [3.8, 4) is 0 Å². The van der Waals surface area contributed by atoms with Crippen molar-refractivity contribution in [2.24, 2.45) is 46.6 Å². The fourth-order valence-electron chi connectivity index (χ4n) is 16.4. The molecule has 8 heterocycles. The van der Waals surface area contributed by atoms with Crippen LogP contribution in [0.1, 0.15) is 177 Å². The number of hydrogen-bond acceptors (Lipinski definition) is 33. The van der Waals surface area contributed by atoms with Crippen LogP contribution in [0, 0.1) is 64.1 Å². The lowest BCUT2D eigenvalue weighted by molar-refractivity contribution is -0.384. The average molecular weight is 1710 g/mol. The summed E-state index contributed by atoms with van der Waals surface area (Å²) in [4.78, 5) is 136. The van der Waals surface area contributed by atoms with E-state index in [1.807, 2.05) is 70.5 Å². The van der Waals surface area contributed by atoms with Crippen molar-refractivity contribution in [3.63, 3.8) is 0 Å². The Kier molecular flexibility index (Phi) is 35.4. The van der Waals surface area contributed by atoms with E-state index in [0.29, 0.717) is 76.2 Å². The van der Waals surface area contributed by atoms with Crippen LogP contribution in [-0.4, -0.2) is 232 Å². The lowest BCUT2D eigenvalue weighted by Gasteiger charge is -2.31. The second kappa shape index (κ2) is 47.2. The van der Waals surface area contributed by atoms with E-state index < -0.39 is 31.8 Å². The van der Waals surface area contributed by atoms with Gasteiger partial charge in [0.05, 0.1) is 46.0 Å². The van der Waals surface area contributed by atoms with E-state index in [1.165, 1.54) is 18.6 Å². The summed E-state index contributed by atoms with van der Waals surface area (Å²) in [6.07, 6.45) is 28.6. The molecule has 0 spiro atoms. The Hall–Kier alpha value is -11.6. The van der Waals surface area contributed by atoms with Crippen LogP contribution in [0.5, 0.6) is 0 Å². The number of rotatable bonds is 30. The fraction of sp³-hybridized carbons (Fsp3) is 0.610. The number of nitrogens with two attached hydrogens (primary N) is 4. The molecule has 6 aromatic rings. The summed E-state index contributed by atoms with van der Waals surface area (Å²) in [6.45, 7) is 9.09. The molecule has 0 bridgehead atoms. The van der Waals surface area contributed by atoms with E-state index in [4.69, 9.17) is 27.7 Å². The predicted molar refractivity (Wildman–Crippen MR) is 465 cm³/mol. The van der Waals surface area contributed by atoms with Gasteiger partial charge in [-0.25, -0.2) is 19.9 Å². The van der Waals surface area contributed by atoms with Crippen molar-refractivity contribution >= 4 is 93.4 Å². The van der Waals surface area contributed by atoms with Gasteiger partial charge in [0, 0.05) is 103 Å². The van der Waals surface area contributed by atoms with Crippen LogP contribution in [0.25, 0.3) is 0 Å². The molecule has 4 aromatic heterocycles. The Morgan fingerprint density at radius 2 is 0.618 bits per heavy atom. The number of carbonyl (C=O) groups is 4. The molecule has 2 aromatic carbocycles. The molecule has 4 saturated carbocycles. The molecule has 2 atom stereocenters. The maximum Gasteiger partial charge on any atom is 0.329 e. The molecule has 4 aliphatic carbocycles. The number of morpholine rings is 1. The first kappa shape index (κ1) is 92.2. The lowest BCUT2D eigenvalue weighted by atomic mass is 9.86. The summed E-state index contributed by atoms with van der Waals surface area (Å²) in [6, 6.07) is 18.5. The Morgan fingerprint density at radius 1 is 0.358 bits per heavy atom. The van der Waals surface area contributed by atoms with E-state index in [2.05, 4.69) is 82.4 Å². The SMILES string of the molecule is NC1CCC(CNc2nc(NCC(=O)N3CCCC3)ncc2[N+](=O)[O-])CC1.NC1CCC(CNc2nc(NCC(=O)N3CCOCC3)ncc2[N+](=O)[O-])CC1.NC1CCC(CNc2nc(N[C@H](C(=O)N3CCCCC3)c3ccccc3)ncc2[N+](=O)[O-])CC1.NC1CCC(CNc2nc(N[C@H](C(=O)N3CCCCC3)c3ccccc3)ncc2[N+](=O)[O-])CC1.